The van der Waals surface area contributed by atoms with Crippen molar-refractivity contribution in [3.8, 4) is 17.2 Å². The summed E-state index contributed by atoms with van der Waals surface area (Å²) >= 11 is 0. The van der Waals surface area contributed by atoms with Gasteiger partial charge in [0.05, 0.1) is 6.42 Å². The lowest BCUT2D eigenvalue weighted by atomic mass is 10.1. The number of rotatable bonds is 6. The van der Waals surface area contributed by atoms with Crippen LogP contribution in [-0.4, -0.2) is 19.3 Å². The molecule has 0 unspecified atom stereocenters. The molecule has 1 N–H and O–H groups in total. The molecule has 0 atom stereocenters. The SMILES string of the molecule is O=C(Cc1ccc(OC(F)F)cc1)NCc1ccc2c(c1)OCO2. The number of halogens is 2. The van der Waals surface area contributed by atoms with Gasteiger partial charge in [0, 0.05) is 6.54 Å². The first kappa shape index (κ1) is 16.0. The first-order valence-electron chi connectivity index (χ1n) is 7.29. The van der Waals surface area contributed by atoms with Crippen LogP contribution in [0.1, 0.15) is 11.1 Å². The summed E-state index contributed by atoms with van der Waals surface area (Å²) in [4.78, 5) is 12.0. The molecule has 0 saturated carbocycles. The zero-order valence-electron chi connectivity index (χ0n) is 12.6. The average Bonchev–Trinajstić information content (AvgIpc) is 3.02. The fourth-order valence-corrected chi connectivity index (χ4v) is 2.29. The Morgan fingerprint density at radius 2 is 1.79 bits per heavy atom. The second-order valence-electron chi connectivity index (χ2n) is 5.16. The van der Waals surface area contributed by atoms with Gasteiger partial charge in [-0.2, -0.15) is 8.78 Å². The molecule has 2 aromatic carbocycles. The molecular formula is C17H15F2NO4. The van der Waals surface area contributed by atoms with Gasteiger partial charge in [-0.05, 0) is 35.4 Å². The maximum atomic E-state index is 12.1. The third-order valence-electron chi connectivity index (χ3n) is 3.44. The summed E-state index contributed by atoms with van der Waals surface area (Å²) in [6.07, 6.45) is 0.152. The largest absolute Gasteiger partial charge is 0.454 e. The van der Waals surface area contributed by atoms with Crippen LogP contribution in [0.4, 0.5) is 8.78 Å². The maximum absolute atomic E-state index is 12.1. The summed E-state index contributed by atoms with van der Waals surface area (Å²) in [5.74, 6) is 1.25. The van der Waals surface area contributed by atoms with Gasteiger partial charge in [-0.15, -0.1) is 0 Å². The van der Waals surface area contributed by atoms with Crippen molar-refractivity contribution < 1.29 is 27.8 Å². The van der Waals surface area contributed by atoms with Crippen molar-refractivity contribution >= 4 is 5.91 Å². The second kappa shape index (κ2) is 7.16. The highest BCUT2D eigenvalue weighted by Crippen LogP contribution is 2.32. The molecule has 126 valence electrons. The second-order valence-corrected chi connectivity index (χ2v) is 5.16. The lowest BCUT2D eigenvalue weighted by Gasteiger charge is -2.08. The summed E-state index contributed by atoms with van der Waals surface area (Å²) in [7, 11) is 0. The lowest BCUT2D eigenvalue weighted by molar-refractivity contribution is -0.120. The van der Waals surface area contributed by atoms with Gasteiger partial charge in [0.2, 0.25) is 12.7 Å². The van der Waals surface area contributed by atoms with E-state index in [0.29, 0.717) is 23.6 Å². The van der Waals surface area contributed by atoms with E-state index in [1.54, 1.807) is 18.2 Å². The van der Waals surface area contributed by atoms with Crippen LogP contribution in [0.5, 0.6) is 17.2 Å². The fourth-order valence-electron chi connectivity index (χ4n) is 2.29. The van der Waals surface area contributed by atoms with Gasteiger partial charge in [-0.1, -0.05) is 18.2 Å². The quantitative estimate of drug-likeness (QED) is 0.882. The Morgan fingerprint density at radius 1 is 1.08 bits per heavy atom. The number of nitrogens with one attached hydrogen (secondary N) is 1. The molecule has 0 aromatic heterocycles. The number of fused-ring (bicyclic) bond motifs is 1. The molecule has 5 nitrogen and oxygen atoms in total. The van der Waals surface area contributed by atoms with E-state index < -0.39 is 6.61 Å². The van der Waals surface area contributed by atoms with Crippen LogP contribution in [0, 0.1) is 0 Å². The Hall–Kier alpha value is -2.83. The Kier molecular flexibility index (Phi) is 4.79. The van der Waals surface area contributed by atoms with E-state index in [9.17, 15) is 13.6 Å². The highest BCUT2D eigenvalue weighted by atomic mass is 19.3. The third-order valence-corrected chi connectivity index (χ3v) is 3.44. The summed E-state index contributed by atoms with van der Waals surface area (Å²) in [6.45, 7) is -2.29. The molecule has 3 rings (SSSR count). The van der Waals surface area contributed by atoms with Crippen LogP contribution in [0.3, 0.4) is 0 Å². The van der Waals surface area contributed by atoms with Crippen LogP contribution in [-0.2, 0) is 17.8 Å². The molecule has 0 aliphatic carbocycles. The lowest BCUT2D eigenvalue weighted by Crippen LogP contribution is -2.24. The van der Waals surface area contributed by atoms with Crippen molar-refractivity contribution in [1.29, 1.82) is 0 Å². The van der Waals surface area contributed by atoms with Crippen molar-refractivity contribution in [2.45, 2.75) is 19.6 Å². The number of carbonyl (C=O) groups excluding carboxylic acids is 1. The van der Waals surface area contributed by atoms with Gasteiger partial charge < -0.3 is 19.5 Å². The molecule has 1 aliphatic rings. The molecule has 2 aromatic rings. The monoisotopic (exact) mass is 335 g/mol. The van der Waals surface area contributed by atoms with Gasteiger partial charge >= 0.3 is 6.61 Å². The van der Waals surface area contributed by atoms with E-state index in [1.165, 1.54) is 12.1 Å². The molecule has 0 bridgehead atoms. The molecule has 0 fully saturated rings. The van der Waals surface area contributed by atoms with Gasteiger partial charge in [0.25, 0.3) is 0 Å². The molecule has 0 radical (unpaired) electrons. The van der Waals surface area contributed by atoms with Crippen LogP contribution in [0.2, 0.25) is 0 Å². The van der Waals surface area contributed by atoms with Gasteiger partial charge in [0.15, 0.2) is 11.5 Å². The molecular weight excluding hydrogens is 320 g/mol. The van der Waals surface area contributed by atoms with E-state index in [-0.39, 0.29) is 24.9 Å². The minimum absolute atomic E-state index is 0.0644. The Balaban J connectivity index is 1.50. The first-order chi connectivity index (χ1) is 11.6. The minimum Gasteiger partial charge on any atom is -0.454 e. The zero-order chi connectivity index (χ0) is 16.9. The van der Waals surface area contributed by atoms with E-state index >= 15 is 0 Å². The summed E-state index contributed by atoms with van der Waals surface area (Å²) < 4.78 is 38.9. The van der Waals surface area contributed by atoms with E-state index in [4.69, 9.17) is 9.47 Å². The Bertz CT molecular complexity index is 719. The summed E-state index contributed by atoms with van der Waals surface area (Å²) in [6, 6.07) is 11.4. The molecule has 0 spiro atoms. The van der Waals surface area contributed by atoms with Crippen LogP contribution in [0.15, 0.2) is 42.5 Å². The number of hydrogen-bond donors (Lipinski definition) is 1. The standard InChI is InChI=1S/C17H15F2NO4/c18-17(19)24-13-4-1-11(2-5-13)8-16(21)20-9-12-3-6-14-15(7-12)23-10-22-14/h1-7,17H,8-10H2,(H,20,21). The maximum Gasteiger partial charge on any atom is 0.387 e. The highest BCUT2D eigenvalue weighted by Gasteiger charge is 2.13. The molecule has 1 heterocycles. The predicted molar refractivity (Wildman–Crippen MR) is 81.2 cm³/mol. The predicted octanol–water partition coefficient (Wildman–Crippen LogP) is 2.88. The number of amides is 1. The number of hydrogen-bond acceptors (Lipinski definition) is 4. The zero-order valence-corrected chi connectivity index (χ0v) is 12.6. The molecule has 7 heteroatoms. The third kappa shape index (κ3) is 4.13. The average molecular weight is 335 g/mol. The molecule has 0 saturated heterocycles. The topological polar surface area (TPSA) is 56.8 Å². The van der Waals surface area contributed by atoms with E-state index in [0.717, 1.165) is 5.56 Å². The highest BCUT2D eigenvalue weighted by molar-refractivity contribution is 5.78. The normalized spacial score (nSPS) is 12.3. The molecule has 1 amide bonds. The van der Waals surface area contributed by atoms with Crippen LogP contribution >= 0.6 is 0 Å². The molecule has 1 aliphatic heterocycles. The summed E-state index contributed by atoms with van der Waals surface area (Å²) in [5.41, 5.74) is 1.60. The van der Waals surface area contributed by atoms with Crippen molar-refractivity contribution in [2.24, 2.45) is 0 Å². The summed E-state index contributed by atoms with van der Waals surface area (Å²) in [5, 5.41) is 2.80. The number of ether oxygens (including phenoxy) is 3. The van der Waals surface area contributed by atoms with Crippen molar-refractivity contribution in [3.05, 3.63) is 53.6 Å². The smallest absolute Gasteiger partial charge is 0.387 e. The Labute approximate surface area is 137 Å². The van der Waals surface area contributed by atoms with Gasteiger partial charge in [-0.3, -0.25) is 4.79 Å². The minimum atomic E-state index is -2.86. The van der Waals surface area contributed by atoms with Crippen molar-refractivity contribution in [1.82, 2.24) is 5.32 Å². The number of carbonyl (C=O) groups is 1. The Morgan fingerprint density at radius 3 is 2.54 bits per heavy atom. The van der Waals surface area contributed by atoms with Crippen molar-refractivity contribution in [2.75, 3.05) is 6.79 Å². The fraction of sp³-hybridized carbons (Fsp3) is 0.235. The van der Waals surface area contributed by atoms with E-state index in [1.807, 2.05) is 12.1 Å². The first-order valence-corrected chi connectivity index (χ1v) is 7.29. The van der Waals surface area contributed by atoms with Gasteiger partial charge in [-0.25, -0.2) is 0 Å². The number of benzene rings is 2. The van der Waals surface area contributed by atoms with Gasteiger partial charge in [0.1, 0.15) is 5.75 Å². The van der Waals surface area contributed by atoms with E-state index in [2.05, 4.69) is 10.1 Å². The molecule has 24 heavy (non-hydrogen) atoms. The van der Waals surface area contributed by atoms with Crippen LogP contribution in [0.25, 0.3) is 0 Å². The van der Waals surface area contributed by atoms with Crippen LogP contribution < -0.4 is 19.5 Å². The number of alkyl halides is 2. The van der Waals surface area contributed by atoms with Crippen molar-refractivity contribution in [3.63, 3.8) is 0 Å².